The van der Waals surface area contributed by atoms with Crippen molar-refractivity contribution in [3.05, 3.63) is 86.5 Å². The van der Waals surface area contributed by atoms with E-state index in [4.69, 9.17) is 0 Å². The minimum Gasteiger partial charge on any atom is -0.480 e. The average Bonchev–Trinajstić information content (AvgIpc) is 2.98. The van der Waals surface area contributed by atoms with Gasteiger partial charge >= 0.3 is 135 Å². The molecule has 0 aromatic heterocycles. The molecule has 0 aliphatic heterocycles. The molecule has 18 heteroatoms. The van der Waals surface area contributed by atoms with E-state index >= 15 is 0 Å². The Hall–Kier alpha value is -5.12. The number of nitrogens with zero attached hydrogens (tertiary/aromatic N) is 4. The van der Waals surface area contributed by atoms with Gasteiger partial charge in [0.05, 0.1) is 15.9 Å². The summed E-state index contributed by atoms with van der Waals surface area (Å²) in [5, 5.41) is 55.1. The monoisotopic (exact) mass is 688 g/mol. The van der Waals surface area contributed by atoms with Gasteiger partial charge < -0.3 is 10.4 Å². The SMILES string of the molecule is O=C(CCCCCNc1ccc([N+](=O)[O-])cc1[N+](=O)[O-])N[C@@H](Cc1ccc(O)c(N=Nc2ccc([As](=O)(O)O)cc2)c1)C(=O)O. The van der Waals surface area contributed by atoms with Gasteiger partial charge in [0.25, 0.3) is 11.4 Å². The Morgan fingerprint density at radius 2 is 1.62 bits per heavy atom. The fraction of sp³-hybridized carbons (Fsp3) is 0.259. The van der Waals surface area contributed by atoms with E-state index in [9.17, 15) is 52.0 Å². The second kappa shape index (κ2) is 15.6. The number of rotatable bonds is 16. The van der Waals surface area contributed by atoms with Crippen LogP contribution in [0.3, 0.4) is 0 Å². The van der Waals surface area contributed by atoms with E-state index in [2.05, 4.69) is 20.9 Å². The quantitative estimate of drug-likeness (QED) is 0.0417. The minimum absolute atomic E-state index is 0.0128. The Morgan fingerprint density at radius 1 is 0.911 bits per heavy atom. The topological polar surface area (TPSA) is 267 Å². The number of hydrogen-bond acceptors (Lipinski definition) is 11. The van der Waals surface area contributed by atoms with Crippen LogP contribution in [0.2, 0.25) is 0 Å². The summed E-state index contributed by atoms with van der Waals surface area (Å²) in [4.78, 5) is 44.9. The molecule has 238 valence electrons. The summed E-state index contributed by atoms with van der Waals surface area (Å²) in [6.45, 7) is 0.304. The molecule has 3 rings (SSSR count). The number of carbonyl (C=O) groups excluding carboxylic acids is 1. The number of nitrogens with one attached hydrogen (secondary N) is 2. The van der Waals surface area contributed by atoms with Crippen LogP contribution in [-0.4, -0.2) is 66.9 Å². The zero-order valence-corrected chi connectivity index (χ0v) is 25.4. The molecule has 0 heterocycles. The van der Waals surface area contributed by atoms with Crippen molar-refractivity contribution in [3.63, 3.8) is 0 Å². The molecule has 1 atom stereocenters. The van der Waals surface area contributed by atoms with Crippen molar-refractivity contribution in [2.45, 2.75) is 38.1 Å². The first-order valence-electron chi connectivity index (χ1n) is 13.3. The molecule has 45 heavy (non-hydrogen) atoms. The number of phenols is 1. The third-order valence-electron chi connectivity index (χ3n) is 6.36. The average molecular weight is 688 g/mol. The Kier molecular flexibility index (Phi) is 11.9. The first kappa shape index (κ1) is 34.4. The van der Waals surface area contributed by atoms with Gasteiger partial charge in [0.15, 0.2) is 0 Å². The number of nitro groups is 2. The molecule has 0 aliphatic rings. The van der Waals surface area contributed by atoms with Crippen molar-refractivity contribution in [2.24, 2.45) is 10.2 Å². The van der Waals surface area contributed by atoms with E-state index in [0.717, 1.165) is 12.1 Å². The number of aromatic hydroxyl groups is 1. The number of anilines is 1. The standard InChI is InChI=1S/C27H29AsN6O11/c35-25-12-5-17(14-22(25)32-31-19-8-6-18(7-9-19)28(39,40)41)15-23(27(37)38)30-26(36)4-2-1-3-13-29-21-11-10-20(33(42)43)16-24(21)34(44)45/h5-12,14,16,23,29,35H,1-4,13,15H2,(H,30,36)(H,37,38)(H2,39,40,41)/t23-/m0/s1. The smallest absolute Gasteiger partial charge is 0.480 e. The van der Waals surface area contributed by atoms with Crippen LogP contribution in [0.5, 0.6) is 5.75 Å². The number of non-ortho nitro benzene ring substituents is 1. The molecule has 17 nitrogen and oxygen atoms in total. The number of amides is 1. The van der Waals surface area contributed by atoms with Crippen LogP contribution in [0, 0.1) is 20.2 Å². The minimum atomic E-state index is -5.05. The predicted octanol–water partition coefficient (Wildman–Crippen LogP) is 2.97. The molecule has 0 spiro atoms. The number of nitro benzene ring substituents is 2. The summed E-state index contributed by atoms with van der Waals surface area (Å²) >= 11 is -5.05. The second-order valence-electron chi connectivity index (χ2n) is 9.70. The van der Waals surface area contributed by atoms with Crippen molar-refractivity contribution >= 4 is 58.8 Å². The van der Waals surface area contributed by atoms with Crippen LogP contribution < -0.4 is 15.0 Å². The number of unbranched alkanes of at least 4 members (excludes halogenated alkanes) is 2. The van der Waals surface area contributed by atoms with Gasteiger partial charge in [-0.3, -0.25) is 25.0 Å². The van der Waals surface area contributed by atoms with Crippen molar-refractivity contribution in [1.29, 1.82) is 0 Å². The Morgan fingerprint density at radius 3 is 2.24 bits per heavy atom. The molecule has 0 bridgehead atoms. The Labute approximate surface area is 257 Å². The van der Waals surface area contributed by atoms with Gasteiger partial charge in [0, 0.05) is 19.0 Å². The van der Waals surface area contributed by atoms with Gasteiger partial charge in [-0.25, -0.2) is 4.79 Å². The zero-order valence-electron chi connectivity index (χ0n) is 23.5. The first-order chi connectivity index (χ1) is 21.2. The number of carboxylic acid groups (broad SMARTS) is 1. The van der Waals surface area contributed by atoms with Crippen molar-refractivity contribution in [2.75, 3.05) is 11.9 Å². The summed E-state index contributed by atoms with van der Waals surface area (Å²) < 4.78 is 29.7. The third-order valence-corrected chi connectivity index (χ3v) is 8.39. The molecule has 0 saturated heterocycles. The van der Waals surface area contributed by atoms with Gasteiger partial charge in [-0.2, -0.15) is 0 Å². The van der Waals surface area contributed by atoms with Gasteiger partial charge in [-0.05, 0) is 18.9 Å². The predicted molar refractivity (Wildman–Crippen MR) is 159 cm³/mol. The van der Waals surface area contributed by atoms with E-state index in [1.807, 2.05) is 0 Å². The molecular formula is C27H29AsN6O11. The van der Waals surface area contributed by atoms with Gasteiger partial charge in [-0.15, -0.1) is 0 Å². The van der Waals surface area contributed by atoms with Gasteiger partial charge in [0.1, 0.15) is 5.69 Å². The van der Waals surface area contributed by atoms with Crippen LogP contribution in [0.25, 0.3) is 0 Å². The van der Waals surface area contributed by atoms with E-state index in [-0.39, 0.29) is 40.0 Å². The van der Waals surface area contributed by atoms with E-state index < -0.39 is 53.3 Å². The molecule has 3 aromatic rings. The van der Waals surface area contributed by atoms with E-state index in [1.165, 1.54) is 48.5 Å². The fourth-order valence-corrected chi connectivity index (χ4v) is 5.18. The van der Waals surface area contributed by atoms with Crippen LogP contribution in [0.4, 0.5) is 28.4 Å². The van der Waals surface area contributed by atoms with Crippen LogP contribution >= 0.6 is 0 Å². The zero-order chi connectivity index (χ0) is 33.1. The van der Waals surface area contributed by atoms with Crippen molar-refractivity contribution < 1.29 is 41.6 Å². The summed E-state index contributed by atoms with van der Waals surface area (Å²) in [5.74, 6) is -2.02. The molecule has 6 N–H and O–H groups in total. The molecule has 0 fully saturated rings. The summed E-state index contributed by atoms with van der Waals surface area (Å²) in [6.07, 6.45) is 1.36. The Balaban J connectivity index is 1.49. The summed E-state index contributed by atoms with van der Waals surface area (Å²) in [7, 11) is 0. The van der Waals surface area contributed by atoms with Crippen molar-refractivity contribution in [3.8, 4) is 5.75 Å². The molecular weight excluding hydrogens is 659 g/mol. The van der Waals surface area contributed by atoms with Gasteiger partial charge in [0.2, 0.25) is 5.91 Å². The molecule has 3 aromatic carbocycles. The van der Waals surface area contributed by atoms with Gasteiger partial charge in [-0.1, -0.05) is 6.42 Å². The van der Waals surface area contributed by atoms with Crippen LogP contribution in [0.1, 0.15) is 31.2 Å². The van der Waals surface area contributed by atoms with Crippen molar-refractivity contribution in [1.82, 2.24) is 5.32 Å². The Bertz CT molecular complexity index is 1640. The maximum atomic E-state index is 12.4. The maximum absolute atomic E-state index is 12.4. The molecule has 1 amide bonds. The fourth-order valence-electron chi connectivity index (χ4n) is 4.05. The summed E-state index contributed by atoms with van der Waals surface area (Å²) in [5.41, 5.74) is -0.00130. The number of carboxylic acids is 1. The molecule has 0 saturated carbocycles. The molecule has 0 aliphatic carbocycles. The summed E-state index contributed by atoms with van der Waals surface area (Å²) in [6, 6.07) is 11.3. The first-order valence-corrected chi connectivity index (χ1v) is 16.7. The number of benzene rings is 3. The second-order valence-corrected chi connectivity index (χ2v) is 13.1. The number of aliphatic carboxylic acids is 1. The number of phenolic OH excluding ortho intramolecular Hbond substituents is 1. The van der Waals surface area contributed by atoms with E-state index in [0.29, 0.717) is 31.4 Å². The number of azo groups is 1. The molecule has 0 unspecified atom stereocenters. The number of carbonyl (C=O) groups is 2. The van der Waals surface area contributed by atoms with E-state index in [1.54, 1.807) is 0 Å². The number of hydrogen-bond donors (Lipinski definition) is 6. The molecule has 0 radical (unpaired) electrons. The van der Waals surface area contributed by atoms with Crippen LogP contribution in [-0.2, 0) is 19.7 Å². The van der Waals surface area contributed by atoms with Crippen LogP contribution in [0.15, 0.2) is 70.9 Å². The third kappa shape index (κ3) is 10.5. The normalized spacial score (nSPS) is 12.0.